The molecule has 0 aliphatic rings. The standard InChI is InChI=1S/C19H17BrN2O4S/c1-19(18(24)25-3,12-6-8-13(20)9-7-12)22(2)17(23)14-11-27-16(21-14)15-5-4-10-26-15/h4-11H,1-3H3/t19-/m0/s1. The SMILES string of the molecule is COC(=O)[C@](C)(c1ccc(Br)cc1)N(C)C(=O)c1csc(-c2ccco2)n1. The van der Waals surface area contributed by atoms with Crippen molar-refractivity contribution in [3.8, 4) is 10.8 Å². The first-order chi connectivity index (χ1) is 12.9. The monoisotopic (exact) mass is 448 g/mol. The van der Waals surface area contributed by atoms with Crippen molar-refractivity contribution in [2.75, 3.05) is 14.2 Å². The van der Waals surface area contributed by atoms with Gasteiger partial charge in [-0.05, 0) is 36.8 Å². The Morgan fingerprint density at radius 3 is 2.56 bits per heavy atom. The number of aromatic nitrogens is 1. The largest absolute Gasteiger partial charge is 0.467 e. The van der Waals surface area contributed by atoms with Crippen LogP contribution in [0.4, 0.5) is 0 Å². The Bertz CT molecular complexity index is 953. The number of hydrogen-bond acceptors (Lipinski definition) is 6. The second kappa shape index (κ2) is 7.66. The predicted octanol–water partition coefficient (Wildman–Crippen LogP) is 4.33. The molecule has 2 heterocycles. The molecule has 0 radical (unpaired) electrons. The predicted molar refractivity (Wildman–Crippen MR) is 105 cm³/mol. The molecule has 6 nitrogen and oxygen atoms in total. The summed E-state index contributed by atoms with van der Waals surface area (Å²) in [7, 11) is 2.86. The zero-order valence-electron chi connectivity index (χ0n) is 14.9. The Morgan fingerprint density at radius 2 is 1.96 bits per heavy atom. The Hall–Kier alpha value is -2.45. The van der Waals surface area contributed by atoms with Gasteiger partial charge in [0, 0.05) is 16.9 Å². The molecule has 3 rings (SSSR count). The van der Waals surface area contributed by atoms with E-state index in [9.17, 15) is 9.59 Å². The van der Waals surface area contributed by atoms with E-state index in [0.717, 1.165) is 4.47 Å². The minimum Gasteiger partial charge on any atom is -0.467 e. The maximum atomic E-state index is 13.1. The zero-order valence-corrected chi connectivity index (χ0v) is 17.3. The Kier molecular flexibility index (Phi) is 5.48. The van der Waals surface area contributed by atoms with E-state index in [1.165, 1.54) is 23.3 Å². The van der Waals surface area contributed by atoms with E-state index in [2.05, 4.69) is 20.9 Å². The molecule has 0 unspecified atom stereocenters. The third-order valence-electron chi connectivity index (χ3n) is 4.42. The summed E-state index contributed by atoms with van der Waals surface area (Å²) in [6, 6.07) is 10.7. The number of thiazole rings is 1. The van der Waals surface area contributed by atoms with Gasteiger partial charge in [-0.2, -0.15) is 0 Å². The van der Waals surface area contributed by atoms with E-state index in [1.54, 1.807) is 49.9 Å². The van der Waals surface area contributed by atoms with Crippen molar-refractivity contribution in [3.63, 3.8) is 0 Å². The third kappa shape index (κ3) is 3.54. The highest BCUT2D eigenvalue weighted by Gasteiger charge is 2.43. The van der Waals surface area contributed by atoms with Crippen molar-refractivity contribution >= 4 is 39.1 Å². The number of esters is 1. The van der Waals surface area contributed by atoms with Gasteiger partial charge in [0.25, 0.3) is 5.91 Å². The van der Waals surface area contributed by atoms with Crippen molar-refractivity contribution in [1.29, 1.82) is 0 Å². The van der Waals surface area contributed by atoms with Crippen LogP contribution in [0.25, 0.3) is 10.8 Å². The quantitative estimate of drug-likeness (QED) is 0.543. The summed E-state index contributed by atoms with van der Waals surface area (Å²) in [5, 5.41) is 2.25. The maximum absolute atomic E-state index is 13.1. The summed E-state index contributed by atoms with van der Waals surface area (Å²) in [5.74, 6) is -0.340. The number of hydrogen-bond donors (Lipinski definition) is 0. The van der Waals surface area contributed by atoms with Crippen molar-refractivity contribution < 1.29 is 18.7 Å². The van der Waals surface area contributed by atoms with E-state index in [0.29, 0.717) is 16.3 Å². The molecule has 0 saturated heterocycles. The van der Waals surface area contributed by atoms with Crippen LogP contribution in [0.1, 0.15) is 23.0 Å². The molecule has 3 aromatic rings. The lowest BCUT2D eigenvalue weighted by atomic mass is 9.90. The van der Waals surface area contributed by atoms with Gasteiger partial charge in [-0.3, -0.25) is 4.79 Å². The minimum atomic E-state index is -1.30. The van der Waals surface area contributed by atoms with Crippen LogP contribution < -0.4 is 0 Å². The molecular formula is C19H17BrN2O4S. The first-order valence-electron chi connectivity index (χ1n) is 8.00. The van der Waals surface area contributed by atoms with Gasteiger partial charge in [0.1, 0.15) is 5.69 Å². The molecule has 27 heavy (non-hydrogen) atoms. The van der Waals surface area contributed by atoms with Gasteiger partial charge in [-0.15, -0.1) is 11.3 Å². The number of carbonyl (C=O) groups is 2. The molecule has 0 saturated carbocycles. The Morgan fingerprint density at radius 1 is 1.26 bits per heavy atom. The smallest absolute Gasteiger partial charge is 0.336 e. The Balaban J connectivity index is 1.96. The number of nitrogens with zero attached hydrogens (tertiary/aromatic N) is 2. The second-order valence-electron chi connectivity index (χ2n) is 5.95. The lowest BCUT2D eigenvalue weighted by molar-refractivity contribution is -0.152. The fourth-order valence-electron chi connectivity index (χ4n) is 2.68. The summed E-state index contributed by atoms with van der Waals surface area (Å²) < 4.78 is 11.2. The van der Waals surface area contributed by atoms with E-state index in [1.807, 2.05) is 12.1 Å². The highest BCUT2D eigenvalue weighted by molar-refractivity contribution is 9.10. The molecule has 0 aliphatic carbocycles. The van der Waals surface area contributed by atoms with Gasteiger partial charge in [-0.1, -0.05) is 28.1 Å². The molecule has 2 aromatic heterocycles. The lowest BCUT2D eigenvalue weighted by Gasteiger charge is -2.36. The maximum Gasteiger partial charge on any atom is 0.336 e. The van der Waals surface area contributed by atoms with Gasteiger partial charge in [0.05, 0.1) is 13.4 Å². The van der Waals surface area contributed by atoms with Crippen LogP contribution in [0, 0.1) is 0 Å². The van der Waals surface area contributed by atoms with E-state index in [4.69, 9.17) is 9.15 Å². The molecular weight excluding hydrogens is 432 g/mol. The molecule has 0 N–H and O–H groups in total. The fraction of sp³-hybridized carbons (Fsp3) is 0.211. The normalized spacial score (nSPS) is 13.0. The van der Waals surface area contributed by atoms with Crippen LogP contribution in [-0.2, 0) is 15.1 Å². The molecule has 1 atom stereocenters. The first-order valence-corrected chi connectivity index (χ1v) is 9.67. The van der Waals surface area contributed by atoms with Crippen LogP contribution in [-0.4, -0.2) is 35.9 Å². The molecule has 8 heteroatoms. The summed E-state index contributed by atoms with van der Waals surface area (Å²) in [6.07, 6.45) is 1.55. The van der Waals surface area contributed by atoms with Gasteiger partial charge in [-0.25, -0.2) is 9.78 Å². The lowest BCUT2D eigenvalue weighted by Crippen LogP contribution is -2.51. The number of halogens is 1. The molecule has 0 spiro atoms. The number of ether oxygens (including phenoxy) is 1. The van der Waals surface area contributed by atoms with Crippen LogP contribution in [0.15, 0.2) is 56.9 Å². The van der Waals surface area contributed by atoms with Crippen LogP contribution >= 0.6 is 27.3 Å². The van der Waals surface area contributed by atoms with Gasteiger partial charge < -0.3 is 14.1 Å². The van der Waals surface area contributed by atoms with Crippen LogP contribution in [0.2, 0.25) is 0 Å². The van der Waals surface area contributed by atoms with E-state index < -0.39 is 11.5 Å². The average molecular weight is 449 g/mol. The van der Waals surface area contributed by atoms with Crippen LogP contribution in [0.3, 0.4) is 0 Å². The number of benzene rings is 1. The number of likely N-dealkylation sites (N-methyl/N-ethyl adjacent to an activating group) is 1. The van der Waals surface area contributed by atoms with Gasteiger partial charge in [0.15, 0.2) is 16.3 Å². The van der Waals surface area contributed by atoms with Crippen molar-refractivity contribution in [1.82, 2.24) is 9.88 Å². The molecule has 0 bridgehead atoms. The summed E-state index contributed by atoms with van der Waals surface area (Å²) in [4.78, 5) is 31.4. The number of carbonyl (C=O) groups excluding carboxylic acids is 2. The first kappa shape index (κ1) is 19.3. The second-order valence-corrected chi connectivity index (χ2v) is 7.72. The zero-order chi connectivity index (χ0) is 19.6. The average Bonchev–Trinajstić information content (AvgIpc) is 3.37. The van der Waals surface area contributed by atoms with E-state index in [-0.39, 0.29) is 11.6 Å². The number of amides is 1. The molecule has 140 valence electrons. The topological polar surface area (TPSA) is 72.6 Å². The summed E-state index contributed by atoms with van der Waals surface area (Å²) >= 11 is 4.68. The van der Waals surface area contributed by atoms with Crippen molar-refractivity contribution in [3.05, 3.63) is 63.8 Å². The summed E-state index contributed by atoms with van der Waals surface area (Å²) in [6.45, 7) is 1.65. The van der Waals surface area contributed by atoms with Crippen LogP contribution in [0.5, 0.6) is 0 Å². The van der Waals surface area contributed by atoms with Crippen molar-refractivity contribution in [2.45, 2.75) is 12.5 Å². The molecule has 0 fully saturated rings. The highest BCUT2D eigenvalue weighted by atomic mass is 79.9. The molecule has 1 amide bonds. The van der Waals surface area contributed by atoms with E-state index >= 15 is 0 Å². The highest BCUT2D eigenvalue weighted by Crippen LogP contribution is 2.32. The number of furan rings is 1. The number of rotatable bonds is 5. The van der Waals surface area contributed by atoms with Gasteiger partial charge in [0.2, 0.25) is 0 Å². The molecule has 1 aromatic carbocycles. The van der Waals surface area contributed by atoms with Crippen molar-refractivity contribution in [2.24, 2.45) is 0 Å². The molecule has 0 aliphatic heterocycles. The third-order valence-corrected chi connectivity index (χ3v) is 5.81. The minimum absolute atomic E-state index is 0.237. The summed E-state index contributed by atoms with van der Waals surface area (Å²) in [5.41, 5.74) is -0.433. The van der Waals surface area contributed by atoms with Gasteiger partial charge >= 0.3 is 5.97 Å². The number of methoxy groups -OCH3 is 1. The Labute approximate surface area is 168 Å². The fourth-order valence-corrected chi connectivity index (χ4v) is 3.71.